The molecule has 0 bridgehead atoms. The molecule has 8 nitrogen and oxygen atoms in total. The standard InChI is InChI=1S/C23H33NO3.C4H4O4/c1-16(2)24(17(3)4)13-12-20(18-8-6-5-7-9-18)21-14-19(23(27)15-25)10-11-22(21)26;5-3(6)1-2-4(7)8/h5-11,14,16-17,20,23,25-27H,12-13,15H2,1-4H3;1-2H,(H,5,6)(H,7,8)/t20-,23-;/m1./s1. The zero-order valence-corrected chi connectivity index (χ0v) is 20.7. The summed E-state index contributed by atoms with van der Waals surface area (Å²) in [5.74, 6) is -2.28. The van der Waals surface area contributed by atoms with Crippen LogP contribution in [-0.4, -0.2) is 67.6 Å². The number of carboxylic acid groups (broad SMARTS) is 2. The second-order valence-electron chi connectivity index (χ2n) is 8.70. The second kappa shape index (κ2) is 14.9. The molecular weight excluding hydrogens is 450 g/mol. The summed E-state index contributed by atoms with van der Waals surface area (Å²) in [5, 5.41) is 45.5. The van der Waals surface area contributed by atoms with Gasteiger partial charge in [0.1, 0.15) is 11.9 Å². The number of hydrogen-bond donors (Lipinski definition) is 5. The molecule has 0 amide bonds. The maximum atomic E-state index is 10.5. The zero-order valence-electron chi connectivity index (χ0n) is 20.7. The van der Waals surface area contributed by atoms with Crippen LogP contribution in [0.15, 0.2) is 60.7 Å². The Morgan fingerprint density at radius 2 is 1.43 bits per heavy atom. The molecule has 0 radical (unpaired) electrons. The lowest BCUT2D eigenvalue weighted by atomic mass is 9.86. The lowest BCUT2D eigenvalue weighted by molar-refractivity contribution is -0.134. The fraction of sp³-hybridized carbons (Fsp3) is 0.407. The highest BCUT2D eigenvalue weighted by Gasteiger charge is 2.22. The topological polar surface area (TPSA) is 139 Å². The van der Waals surface area contributed by atoms with Crippen LogP contribution in [0.2, 0.25) is 0 Å². The summed E-state index contributed by atoms with van der Waals surface area (Å²) in [6, 6.07) is 16.1. The molecule has 0 heterocycles. The third-order valence-electron chi connectivity index (χ3n) is 5.56. The van der Waals surface area contributed by atoms with Gasteiger partial charge in [-0.15, -0.1) is 0 Å². The molecular formula is C27H37NO7. The SMILES string of the molecule is CC(C)N(CC[C@H](c1ccccc1)c1cc([C@H](O)CO)ccc1O)C(C)C.O=C(O)C=CC(=O)O. The summed E-state index contributed by atoms with van der Waals surface area (Å²) < 4.78 is 0. The van der Waals surface area contributed by atoms with Crippen molar-refractivity contribution in [3.8, 4) is 5.75 Å². The lowest BCUT2D eigenvalue weighted by Crippen LogP contribution is -2.38. The lowest BCUT2D eigenvalue weighted by Gasteiger charge is -2.32. The molecule has 2 rings (SSSR count). The Morgan fingerprint density at radius 1 is 0.886 bits per heavy atom. The van der Waals surface area contributed by atoms with Crippen LogP contribution in [0.4, 0.5) is 0 Å². The summed E-state index contributed by atoms with van der Waals surface area (Å²) in [4.78, 5) is 21.6. The van der Waals surface area contributed by atoms with E-state index in [0.29, 0.717) is 29.8 Å². The monoisotopic (exact) mass is 487 g/mol. The number of aromatic hydroxyl groups is 1. The molecule has 35 heavy (non-hydrogen) atoms. The van der Waals surface area contributed by atoms with E-state index >= 15 is 0 Å². The zero-order chi connectivity index (χ0) is 26.5. The van der Waals surface area contributed by atoms with Gasteiger partial charge >= 0.3 is 11.9 Å². The highest BCUT2D eigenvalue weighted by atomic mass is 16.4. The number of nitrogens with zero attached hydrogens (tertiary/aromatic N) is 1. The average Bonchev–Trinajstić information content (AvgIpc) is 2.81. The number of aliphatic carboxylic acids is 2. The van der Waals surface area contributed by atoms with Crippen molar-refractivity contribution in [1.29, 1.82) is 0 Å². The van der Waals surface area contributed by atoms with Crippen LogP contribution in [0.3, 0.4) is 0 Å². The van der Waals surface area contributed by atoms with Crippen LogP contribution < -0.4 is 0 Å². The molecule has 2 aromatic rings. The Bertz CT molecular complexity index is 933. The van der Waals surface area contributed by atoms with Crippen LogP contribution in [0.25, 0.3) is 0 Å². The largest absolute Gasteiger partial charge is 0.508 e. The van der Waals surface area contributed by atoms with Crippen LogP contribution in [-0.2, 0) is 9.59 Å². The Kier molecular flexibility index (Phi) is 12.7. The van der Waals surface area contributed by atoms with E-state index in [0.717, 1.165) is 24.1 Å². The van der Waals surface area contributed by atoms with Gasteiger partial charge in [-0.25, -0.2) is 9.59 Å². The van der Waals surface area contributed by atoms with Crippen LogP contribution in [0.5, 0.6) is 5.75 Å². The fourth-order valence-electron chi connectivity index (χ4n) is 3.89. The Morgan fingerprint density at radius 3 is 1.89 bits per heavy atom. The van der Waals surface area contributed by atoms with Crippen LogP contribution in [0.1, 0.15) is 62.8 Å². The number of carboxylic acids is 2. The highest BCUT2D eigenvalue weighted by Crippen LogP contribution is 2.36. The van der Waals surface area contributed by atoms with Crippen molar-refractivity contribution in [3.63, 3.8) is 0 Å². The van der Waals surface area contributed by atoms with E-state index < -0.39 is 18.0 Å². The molecule has 0 spiro atoms. The number of aliphatic hydroxyl groups excluding tert-OH is 2. The Hall–Kier alpha value is -3.20. The number of carbonyl (C=O) groups is 2. The predicted octanol–water partition coefficient (Wildman–Crippen LogP) is 3.77. The minimum absolute atomic E-state index is 0.0112. The van der Waals surface area contributed by atoms with Crippen molar-refractivity contribution < 1.29 is 35.1 Å². The molecule has 0 unspecified atom stereocenters. The van der Waals surface area contributed by atoms with Crippen molar-refractivity contribution in [2.75, 3.05) is 13.2 Å². The minimum atomic E-state index is -1.26. The molecule has 192 valence electrons. The first-order valence-electron chi connectivity index (χ1n) is 11.5. The van der Waals surface area contributed by atoms with Crippen LogP contribution >= 0.6 is 0 Å². The van der Waals surface area contributed by atoms with Crippen molar-refractivity contribution in [1.82, 2.24) is 4.90 Å². The molecule has 0 saturated heterocycles. The third kappa shape index (κ3) is 10.3. The van der Waals surface area contributed by atoms with E-state index in [1.165, 1.54) is 0 Å². The minimum Gasteiger partial charge on any atom is -0.508 e. The number of benzene rings is 2. The van der Waals surface area contributed by atoms with Gasteiger partial charge in [-0.3, -0.25) is 4.90 Å². The molecule has 2 aromatic carbocycles. The molecule has 0 saturated carbocycles. The van der Waals surface area contributed by atoms with Gasteiger partial charge < -0.3 is 25.5 Å². The van der Waals surface area contributed by atoms with E-state index in [4.69, 9.17) is 10.2 Å². The summed E-state index contributed by atoms with van der Waals surface area (Å²) in [7, 11) is 0. The quantitative estimate of drug-likeness (QED) is 0.302. The maximum Gasteiger partial charge on any atom is 0.328 e. The van der Waals surface area contributed by atoms with E-state index in [1.54, 1.807) is 12.1 Å². The maximum absolute atomic E-state index is 10.5. The van der Waals surface area contributed by atoms with Gasteiger partial charge in [0.05, 0.1) is 6.61 Å². The summed E-state index contributed by atoms with van der Waals surface area (Å²) >= 11 is 0. The van der Waals surface area contributed by atoms with Gasteiger partial charge in [-0.1, -0.05) is 36.4 Å². The van der Waals surface area contributed by atoms with E-state index in [-0.39, 0.29) is 18.3 Å². The number of aliphatic hydroxyl groups is 2. The third-order valence-corrected chi connectivity index (χ3v) is 5.56. The average molecular weight is 488 g/mol. The van der Waals surface area contributed by atoms with E-state index in [9.17, 15) is 24.9 Å². The van der Waals surface area contributed by atoms with Gasteiger partial charge in [0, 0.05) is 35.7 Å². The van der Waals surface area contributed by atoms with Crippen LogP contribution in [0, 0.1) is 0 Å². The molecule has 0 aromatic heterocycles. The number of phenolic OH excluding ortho intramolecular Hbond substituents is 1. The number of hydrogen-bond acceptors (Lipinski definition) is 6. The first-order chi connectivity index (χ1) is 16.5. The molecule has 0 aliphatic rings. The van der Waals surface area contributed by atoms with Crippen molar-refractivity contribution in [3.05, 3.63) is 77.4 Å². The summed E-state index contributed by atoms with van der Waals surface area (Å²) in [5.41, 5.74) is 2.55. The van der Waals surface area contributed by atoms with Gasteiger partial charge in [0.2, 0.25) is 0 Å². The van der Waals surface area contributed by atoms with E-state index in [1.807, 2.05) is 24.3 Å². The van der Waals surface area contributed by atoms with Crippen molar-refractivity contribution >= 4 is 11.9 Å². The second-order valence-corrected chi connectivity index (χ2v) is 8.70. The van der Waals surface area contributed by atoms with Gasteiger partial charge in [0.25, 0.3) is 0 Å². The van der Waals surface area contributed by atoms with E-state index in [2.05, 4.69) is 44.7 Å². The van der Waals surface area contributed by atoms with Gasteiger partial charge in [-0.2, -0.15) is 0 Å². The summed E-state index contributed by atoms with van der Waals surface area (Å²) in [6.45, 7) is 9.37. The normalized spacial score (nSPS) is 13.1. The van der Waals surface area contributed by atoms with Crippen molar-refractivity contribution in [2.24, 2.45) is 0 Å². The predicted molar refractivity (Wildman–Crippen MR) is 134 cm³/mol. The first kappa shape index (κ1) is 29.8. The first-order valence-corrected chi connectivity index (χ1v) is 11.5. The van der Waals surface area contributed by atoms with Crippen molar-refractivity contribution in [2.45, 2.75) is 58.2 Å². The number of rotatable bonds is 11. The molecule has 8 heteroatoms. The molecule has 0 aliphatic carbocycles. The fourth-order valence-corrected chi connectivity index (χ4v) is 3.89. The Balaban J connectivity index is 0.000000658. The Labute approximate surface area is 206 Å². The molecule has 0 aliphatic heterocycles. The summed E-state index contributed by atoms with van der Waals surface area (Å²) in [6.07, 6.45) is 1.03. The number of phenols is 1. The molecule has 0 fully saturated rings. The molecule has 5 N–H and O–H groups in total. The van der Waals surface area contributed by atoms with Gasteiger partial charge in [-0.05, 0) is 63.9 Å². The highest BCUT2D eigenvalue weighted by molar-refractivity contribution is 5.89. The van der Waals surface area contributed by atoms with Gasteiger partial charge in [0.15, 0.2) is 0 Å². The molecule has 2 atom stereocenters. The smallest absolute Gasteiger partial charge is 0.328 e.